The maximum atomic E-state index is 4.23. The predicted octanol–water partition coefficient (Wildman–Crippen LogP) is 4.13. The van der Waals surface area contributed by atoms with Crippen molar-refractivity contribution < 1.29 is 0 Å². The van der Waals surface area contributed by atoms with Crippen LogP contribution >= 0.6 is 11.3 Å². The predicted molar refractivity (Wildman–Crippen MR) is 83.6 cm³/mol. The summed E-state index contributed by atoms with van der Waals surface area (Å²) >= 11 is 1.82. The third-order valence-electron chi connectivity index (χ3n) is 4.61. The number of aromatic nitrogens is 1. The Labute approximate surface area is 122 Å². The second-order valence-corrected chi connectivity index (χ2v) is 6.95. The Balaban J connectivity index is 1.90. The van der Waals surface area contributed by atoms with E-state index in [2.05, 4.69) is 30.3 Å². The Morgan fingerprint density at radius 1 is 1.32 bits per heavy atom. The molecule has 1 N–H and O–H groups in total. The highest BCUT2D eigenvalue weighted by molar-refractivity contribution is 7.09. The van der Waals surface area contributed by atoms with Crippen LogP contribution in [0.4, 0.5) is 0 Å². The van der Waals surface area contributed by atoms with Crippen LogP contribution in [0.1, 0.15) is 50.8 Å². The van der Waals surface area contributed by atoms with Crippen molar-refractivity contribution in [3.05, 3.63) is 16.6 Å². The smallest absolute Gasteiger partial charge is 0.0794 e. The molecule has 0 aliphatic heterocycles. The van der Waals surface area contributed by atoms with Crippen LogP contribution in [0.2, 0.25) is 0 Å². The normalized spacial score (nSPS) is 27.6. The molecule has 0 spiro atoms. The average Bonchev–Trinajstić information content (AvgIpc) is 2.93. The maximum absolute atomic E-state index is 4.23. The lowest BCUT2D eigenvalue weighted by atomic mass is 9.71. The number of nitrogens with zero attached hydrogens (tertiary/aromatic N) is 1. The Kier molecular flexibility index (Phi) is 6.32. The fourth-order valence-corrected chi connectivity index (χ4v) is 4.07. The molecule has 108 valence electrons. The van der Waals surface area contributed by atoms with E-state index in [1.54, 1.807) is 0 Å². The zero-order chi connectivity index (χ0) is 13.5. The molecule has 2 rings (SSSR count). The van der Waals surface area contributed by atoms with Gasteiger partial charge in [0.2, 0.25) is 0 Å². The van der Waals surface area contributed by atoms with E-state index >= 15 is 0 Å². The molecule has 1 saturated carbocycles. The van der Waals surface area contributed by atoms with E-state index in [0.29, 0.717) is 0 Å². The van der Waals surface area contributed by atoms with Crippen LogP contribution in [0.25, 0.3) is 0 Å². The van der Waals surface area contributed by atoms with E-state index in [9.17, 15) is 0 Å². The van der Waals surface area contributed by atoms with E-state index in [-0.39, 0.29) is 0 Å². The SMILES string of the molecule is CCCNCC1CCC(CC)CC1Cc1cncs1. The van der Waals surface area contributed by atoms with Crippen molar-refractivity contribution in [2.24, 2.45) is 17.8 Å². The van der Waals surface area contributed by atoms with Gasteiger partial charge in [0.25, 0.3) is 0 Å². The lowest BCUT2D eigenvalue weighted by molar-refractivity contribution is 0.172. The van der Waals surface area contributed by atoms with Crippen LogP contribution in [0.3, 0.4) is 0 Å². The maximum Gasteiger partial charge on any atom is 0.0794 e. The number of nitrogens with one attached hydrogen (secondary N) is 1. The summed E-state index contributed by atoms with van der Waals surface area (Å²) in [5, 5.41) is 3.63. The molecule has 2 nitrogen and oxygen atoms in total. The van der Waals surface area contributed by atoms with Gasteiger partial charge in [-0.2, -0.15) is 0 Å². The van der Waals surface area contributed by atoms with Gasteiger partial charge in [-0.3, -0.25) is 4.98 Å². The van der Waals surface area contributed by atoms with Gasteiger partial charge in [-0.05, 0) is 56.5 Å². The molecule has 1 aromatic rings. The summed E-state index contributed by atoms with van der Waals surface area (Å²) in [5.74, 6) is 2.69. The molecular formula is C16H28N2S. The molecule has 0 bridgehead atoms. The Morgan fingerprint density at radius 3 is 2.89 bits per heavy atom. The molecule has 3 atom stereocenters. The summed E-state index contributed by atoms with van der Waals surface area (Å²) in [4.78, 5) is 5.70. The summed E-state index contributed by atoms with van der Waals surface area (Å²) < 4.78 is 0. The van der Waals surface area contributed by atoms with E-state index in [1.807, 2.05) is 16.8 Å². The summed E-state index contributed by atoms with van der Waals surface area (Å²) in [6.07, 6.45) is 10.2. The van der Waals surface area contributed by atoms with Gasteiger partial charge in [0, 0.05) is 11.1 Å². The van der Waals surface area contributed by atoms with Crippen LogP contribution in [0.15, 0.2) is 11.7 Å². The zero-order valence-corrected chi connectivity index (χ0v) is 13.2. The van der Waals surface area contributed by atoms with Crippen molar-refractivity contribution in [3.8, 4) is 0 Å². The minimum Gasteiger partial charge on any atom is -0.316 e. The summed E-state index contributed by atoms with van der Waals surface area (Å²) in [7, 11) is 0. The number of hydrogen-bond donors (Lipinski definition) is 1. The standard InChI is InChI=1S/C16H28N2S/c1-3-7-17-10-14-6-5-13(4-2)8-15(14)9-16-11-18-12-19-16/h11-15,17H,3-10H2,1-2H3. The van der Waals surface area contributed by atoms with Crippen molar-refractivity contribution in [1.29, 1.82) is 0 Å². The first-order chi connectivity index (χ1) is 9.33. The lowest BCUT2D eigenvalue weighted by Gasteiger charge is -2.36. The highest BCUT2D eigenvalue weighted by Gasteiger charge is 2.29. The Bertz CT molecular complexity index is 335. The van der Waals surface area contributed by atoms with Gasteiger partial charge < -0.3 is 5.32 Å². The fourth-order valence-electron chi connectivity index (χ4n) is 3.38. The molecular weight excluding hydrogens is 252 g/mol. The fraction of sp³-hybridized carbons (Fsp3) is 0.812. The average molecular weight is 280 g/mol. The van der Waals surface area contributed by atoms with Gasteiger partial charge in [-0.25, -0.2) is 0 Å². The molecule has 3 heteroatoms. The number of hydrogen-bond acceptors (Lipinski definition) is 3. The van der Waals surface area contributed by atoms with Crippen LogP contribution in [-0.4, -0.2) is 18.1 Å². The third kappa shape index (κ3) is 4.57. The van der Waals surface area contributed by atoms with E-state index in [0.717, 1.165) is 17.8 Å². The van der Waals surface area contributed by atoms with Crippen LogP contribution < -0.4 is 5.32 Å². The molecule has 1 fully saturated rings. The minimum absolute atomic E-state index is 0.864. The van der Waals surface area contributed by atoms with Gasteiger partial charge >= 0.3 is 0 Å². The second kappa shape index (κ2) is 8.01. The zero-order valence-electron chi connectivity index (χ0n) is 12.4. The summed E-state index contributed by atoms with van der Waals surface area (Å²) in [6.45, 7) is 6.98. The van der Waals surface area contributed by atoms with E-state index in [4.69, 9.17) is 0 Å². The largest absolute Gasteiger partial charge is 0.316 e. The molecule has 0 radical (unpaired) electrons. The highest BCUT2D eigenvalue weighted by Crippen LogP contribution is 2.37. The lowest BCUT2D eigenvalue weighted by Crippen LogP contribution is -2.34. The van der Waals surface area contributed by atoms with Crippen molar-refractivity contribution >= 4 is 11.3 Å². The first-order valence-electron chi connectivity index (χ1n) is 7.91. The summed E-state index contributed by atoms with van der Waals surface area (Å²) in [6, 6.07) is 0. The molecule has 1 aliphatic rings. The summed E-state index contributed by atoms with van der Waals surface area (Å²) in [5.41, 5.74) is 1.97. The molecule has 0 aromatic carbocycles. The quantitative estimate of drug-likeness (QED) is 0.760. The van der Waals surface area contributed by atoms with Crippen molar-refractivity contribution in [2.45, 2.75) is 52.4 Å². The molecule has 0 saturated heterocycles. The first-order valence-corrected chi connectivity index (χ1v) is 8.79. The van der Waals surface area contributed by atoms with Gasteiger partial charge in [0.05, 0.1) is 5.51 Å². The number of thiazole rings is 1. The van der Waals surface area contributed by atoms with Crippen molar-refractivity contribution in [3.63, 3.8) is 0 Å². The monoisotopic (exact) mass is 280 g/mol. The van der Waals surface area contributed by atoms with Gasteiger partial charge in [-0.15, -0.1) is 11.3 Å². The molecule has 1 aromatic heterocycles. The number of rotatable bonds is 7. The van der Waals surface area contributed by atoms with Crippen LogP contribution in [0, 0.1) is 17.8 Å². The molecule has 19 heavy (non-hydrogen) atoms. The molecule has 1 aliphatic carbocycles. The van der Waals surface area contributed by atoms with Gasteiger partial charge in [0.1, 0.15) is 0 Å². The van der Waals surface area contributed by atoms with Crippen LogP contribution in [0.5, 0.6) is 0 Å². The van der Waals surface area contributed by atoms with Gasteiger partial charge in [-0.1, -0.05) is 26.7 Å². The molecule has 1 heterocycles. The highest BCUT2D eigenvalue weighted by atomic mass is 32.1. The van der Waals surface area contributed by atoms with E-state index < -0.39 is 0 Å². The molecule has 3 unspecified atom stereocenters. The Hall–Kier alpha value is -0.410. The van der Waals surface area contributed by atoms with Crippen molar-refractivity contribution in [1.82, 2.24) is 10.3 Å². The third-order valence-corrected chi connectivity index (χ3v) is 5.41. The van der Waals surface area contributed by atoms with Gasteiger partial charge in [0.15, 0.2) is 0 Å². The van der Waals surface area contributed by atoms with Crippen LogP contribution in [-0.2, 0) is 6.42 Å². The minimum atomic E-state index is 0.864. The van der Waals surface area contributed by atoms with Crippen molar-refractivity contribution in [2.75, 3.05) is 13.1 Å². The molecule has 0 amide bonds. The Morgan fingerprint density at radius 2 is 2.21 bits per heavy atom. The van der Waals surface area contributed by atoms with E-state index in [1.165, 1.54) is 56.5 Å². The first kappa shape index (κ1) is 15.0. The topological polar surface area (TPSA) is 24.9 Å². The second-order valence-electron chi connectivity index (χ2n) is 5.98.